The molecule has 10 rings (SSSR count). The van der Waals surface area contributed by atoms with Crippen molar-refractivity contribution in [2.45, 2.75) is 75.7 Å². The van der Waals surface area contributed by atoms with Gasteiger partial charge in [0.1, 0.15) is 41.0 Å². The number of piperidine rings is 1. The van der Waals surface area contributed by atoms with Gasteiger partial charge in [-0.25, -0.2) is 13.2 Å². The molecule has 8 heterocycles. The highest BCUT2D eigenvalue weighted by Gasteiger charge is 2.50. The van der Waals surface area contributed by atoms with E-state index in [0.717, 1.165) is 37.1 Å². The van der Waals surface area contributed by atoms with Crippen LogP contribution >= 0.6 is 11.3 Å². The average Bonchev–Trinajstić information content (AvgIpc) is 3.82. The predicted octanol–water partition coefficient (Wildman–Crippen LogP) is 4.87. The number of rotatable bonds is 7. The minimum atomic E-state index is -0.938. The molecule has 14 heteroatoms. The van der Waals surface area contributed by atoms with Crippen LogP contribution in [0.5, 0.6) is 6.01 Å². The molecule has 5 saturated heterocycles. The molecule has 2 aromatic carbocycles. The van der Waals surface area contributed by atoms with Crippen molar-refractivity contribution in [2.75, 3.05) is 50.0 Å². The van der Waals surface area contributed by atoms with Crippen molar-refractivity contribution in [1.82, 2.24) is 19.8 Å². The molecule has 0 aliphatic carbocycles. The lowest BCUT2D eigenvalue weighted by atomic mass is 9.85. The summed E-state index contributed by atoms with van der Waals surface area (Å²) in [6.07, 6.45) is 1.63. The van der Waals surface area contributed by atoms with Crippen LogP contribution in [0, 0.1) is 23.0 Å². The first-order valence-electron chi connectivity index (χ1n) is 16.9. The molecule has 0 saturated carbocycles. The van der Waals surface area contributed by atoms with E-state index in [4.69, 9.17) is 20.2 Å². The number of hydrogen-bond acceptors (Lipinski definition) is 11. The van der Waals surface area contributed by atoms with Crippen LogP contribution in [0.3, 0.4) is 0 Å². The highest BCUT2D eigenvalue weighted by Crippen LogP contribution is 2.50. The highest BCUT2D eigenvalue weighted by atomic mass is 32.1. The van der Waals surface area contributed by atoms with Gasteiger partial charge in [0.15, 0.2) is 5.82 Å². The summed E-state index contributed by atoms with van der Waals surface area (Å²) in [6.45, 7) is 5.29. The first-order valence-corrected chi connectivity index (χ1v) is 17.7. The first kappa shape index (κ1) is 31.3. The Morgan fingerprint density at radius 3 is 2.73 bits per heavy atom. The maximum Gasteiger partial charge on any atom is 0.319 e. The molecule has 6 aliphatic heterocycles. The van der Waals surface area contributed by atoms with Crippen LogP contribution in [0.15, 0.2) is 12.1 Å². The van der Waals surface area contributed by atoms with Gasteiger partial charge in [0.05, 0.1) is 35.8 Å². The Hall–Kier alpha value is -3.74. The van der Waals surface area contributed by atoms with Crippen molar-refractivity contribution < 1.29 is 27.8 Å². The van der Waals surface area contributed by atoms with E-state index in [9.17, 15) is 14.8 Å². The number of halogens is 3. The third-order valence-corrected chi connectivity index (χ3v) is 12.2. The van der Waals surface area contributed by atoms with Crippen LogP contribution < -0.4 is 15.4 Å². The number of fused-ring (bicyclic) bond motifs is 7. The zero-order valence-electron chi connectivity index (χ0n) is 27.0. The monoisotopic (exact) mass is 691 g/mol. The van der Waals surface area contributed by atoms with E-state index in [2.05, 4.69) is 25.8 Å². The van der Waals surface area contributed by atoms with Crippen LogP contribution in [0.2, 0.25) is 0 Å². The minimum absolute atomic E-state index is 0.00321. The molecule has 2 bridgehead atoms. The molecule has 2 aromatic heterocycles. The van der Waals surface area contributed by atoms with E-state index in [0.29, 0.717) is 59.6 Å². The Morgan fingerprint density at radius 1 is 1.16 bits per heavy atom. The number of nitrogens with two attached hydrogens (primary N) is 1. The van der Waals surface area contributed by atoms with Crippen LogP contribution in [0.1, 0.15) is 49.3 Å². The molecule has 3 N–H and O–H groups in total. The normalized spacial score (nSPS) is 27.0. The molecule has 4 aromatic rings. The van der Waals surface area contributed by atoms with Crippen molar-refractivity contribution in [2.24, 2.45) is 0 Å². The summed E-state index contributed by atoms with van der Waals surface area (Å²) in [6, 6.07) is 5.06. The number of anilines is 2. The van der Waals surface area contributed by atoms with Gasteiger partial charge in [0.25, 0.3) is 0 Å². The van der Waals surface area contributed by atoms with E-state index >= 15 is 8.78 Å². The summed E-state index contributed by atoms with van der Waals surface area (Å²) in [4.78, 5) is 16.2. The topological polar surface area (TPSA) is 124 Å². The van der Waals surface area contributed by atoms with Crippen LogP contribution in [-0.2, 0) is 18.0 Å². The fourth-order valence-corrected chi connectivity index (χ4v) is 10.2. The van der Waals surface area contributed by atoms with Gasteiger partial charge < -0.3 is 25.2 Å². The third kappa shape index (κ3) is 4.73. The molecule has 6 aliphatic rings. The average molecular weight is 692 g/mol. The second-order valence-electron chi connectivity index (χ2n) is 14.3. The summed E-state index contributed by atoms with van der Waals surface area (Å²) in [7, 11) is 0. The van der Waals surface area contributed by atoms with Gasteiger partial charge in [-0.3, -0.25) is 9.80 Å². The number of aliphatic hydroxyl groups excluding tert-OH is 1. The van der Waals surface area contributed by atoms with Gasteiger partial charge >= 0.3 is 6.01 Å². The second kappa shape index (κ2) is 11.4. The van der Waals surface area contributed by atoms with Crippen molar-refractivity contribution in [3.8, 4) is 23.2 Å². The first-order chi connectivity index (χ1) is 23.7. The Labute approximate surface area is 284 Å². The number of thiophene rings is 1. The molecule has 49 heavy (non-hydrogen) atoms. The maximum atomic E-state index is 17.4. The number of alkyl halides is 1. The van der Waals surface area contributed by atoms with Gasteiger partial charge in [0, 0.05) is 65.9 Å². The Balaban J connectivity index is 1.23. The van der Waals surface area contributed by atoms with E-state index in [1.165, 1.54) is 6.07 Å². The van der Waals surface area contributed by atoms with Crippen molar-refractivity contribution >= 4 is 43.1 Å². The Morgan fingerprint density at radius 2 is 1.96 bits per heavy atom. The summed E-state index contributed by atoms with van der Waals surface area (Å²) < 4.78 is 60.8. The maximum absolute atomic E-state index is 17.4. The number of benzene rings is 2. The summed E-state index contributed by atoms with van der Waals surface area (Å²) in [5.74, 6) is -0.894. The molecule has 10 nitrogen and oxygen atoms in total. The number of hydrogen-bond donors (Lipinski definition) is 2. The van der Waals surface area contributed by atoms with Gasteiger partial charge in [-0.1, -0.05) is 0 Å². The summed E-state index contributed by atoms with van der Waals surface area (Å²) in [5, 5.41) is 21.0. The number of nitrogens with zero attached hydrogens (tertiary/aromatic N) is 6. The molecule has 0 radical (unpaired) electrons. The van der Waals surface area contributed by atoms with Crippen molar-refractivity contribution in [3.05, 3.63) is 40.5 Å². The van der Waals surface area contributed by atoms with Crippen LogP contribution in [0.4, 0.5) is 24.0 Å². The Kier molecular flexibility index (Phi) is 7.27. The standard InChI is InChI=1S/C35H36F3N7O3S/c1-17(46)10-43-12-19-7-20(13-43)45(19)33-28-23-15-47-14-22(23)27(29-24(37)3-4-25-26(29)21(9-39)32(40)49-25)30(38)31(28)41-34(42-33)48-16-35-5-2-6-44(35)11-18(36)8-35/h3-4,17-20,46H,2,5-8,10-16,40H2,1H3/t17?,18?,19?,20?,35-/m0/s1. The number of ether oxygens (including phenoxy) is 2. The fraction of sp³-hybridized carbons (Fsp3) is 0.514. The molecule has 256 valence electrons. The Bertz CT molecular complexity index is 2060. The zero-order valence-corrected chi connectivity index (χ0v) is 27.8. The minimum Gasteiger partial charge on any atom is -0.461 e. The molecular weight excluding hydrogens is 655 g/mol. The lowest BCUT2D eigenvalue weighted by Gasteiger charge is -2.57. The number of piperazine rings is 1. The van der Waals surface area contributed by atoms with E-state index in [-0.39, 0.29) is 70.5 Å². The SMILES string of the molecule is CC(O)CN1CC2CC(C1)N2c1nc(OC[C@@]23CCCN2CC(F)C3)nc2c(F)c(-c3c(F)ccc4sc(N)c(C#N)c34)c3c(c12)COC3. The molecule has 5 fully saturated rings. The molecule has 0 spiro atoms. The second-order valence-corrected chi connectivity index (χ2v) is 15.4. The summed E-state index contributed by atoms with van der Waals surface area (Å²) in [5.41, 5.74) is 6.92. The number of aromatic nitrogens is 2. The number of aliphatic hydroxyl groups is 1. The van der Waals surface area contributed by atoms with E-state index in [1.54, 1.807) is 13.0 Å². The van der Waals surface area contributed by atoms with E-state index < -0.39 is 29.4 Å². The largest absolute Gasteiger partial charge is 0.461 e. The number of nitrogen functional groups attached to an aromatic ring is 1. The molecule has 5 atom stereocenters. The van der Waals surface area contributed by atoms with Crippen LogP contribution in [-0.4, -0.2) is 94.1 Å². The lowest BCUT2D eigenvalue weighted by molar-refractivity contribution is 0.0651. The van der Waals surface area contributed by atoms with Crippen LogP contribution in [0.25, 0.3) is 32.1 Å². The van der Waals surface area contributed by atoms with Crippen molar-refractivity contribution in [3.63, 3.8) is 0 Å². The quantitative estimate of drug-likeness (QED) is 0.278. The lowest BCUT2D eigenvalue weighted by Crippen LogP contribution is -2.69. The molecular formula is C35H36F3N7O3S. The smallest absolute Gasteiger partial charge is 0.319 e. The van der Waals surface area contributed by atoms with Gasteiger partial charge in [-0.2, -0.15) is 15.2 Å². The molecule has 4 unspecified atom stereocenters. The summed E-state index contributed by atoms with van der Waals surface area (Å²) >= 11 is 1.15. The zero-order chi connectivity index (χ0) is 33.8. The highest BCUT2D eigenvalue weighted by molar-refractivity contribution is 7.23. The van der Waals surface area contributed by atoms with Crippen molar-refractivity contribution in [1.29, 1.82) is 5.26 Å². The van der Waals surface area contributed by atoms with Gasteiger partial charge in [-0.15, -0.1) is 11.3 Å². The number of nitriles is 1. The van der Waals surface area contributed by atoms with Gasteiger partial charge in [-0.05, 0) is 56.0 Å². The predicted molar refractivity (Wildman–Crippen MR) is 179 cm³/mol. The third-order valence-electron chi connectivity index (χ3n) is 11.2. The van der Waals surface area contributed by atoms with E-state index in [1.807, 2.05) is 0 Å². The van der Waals surface area contributed by atoms with Gasteiger partial charge in [0.2, 0.25) is 0 Å². The molecule has 0 amide bonds. The fourth-order valence-electron chi connectivity index (χ4n) is 9.26.